The molecule has 144 valence electrons. The highest BCUT2D eigenvalue weighted by molar-refractivity contribution is 5.94. The molecule has 0 bridgehead atoms. The zero-order chi connectivity index (χ0) is 19.5. The lowest BCUT2D eigenvalue weighted by atomic mass is 9.94. The fourth-order valence-electron chi connectivity index (χ4n) is 3.45. The molecule has 5 nitrogen and oxygen atoms in total. The first-order valence-electron chi connectivity index (χ1n) is 9.12. The second kappa shape index (κ2) is 7.80. The minimum absolute atomic E-state index is 0.0434. The molecule has 4 rings (SSSR count). The number of ether oxygens (including phenoxy) is 1. The predicted octanol–water partition coefficient (Wildman–Crippen LogP) is 4.50. The van der Waals surface area contributed by atoms with Gasteiger partial charge in [-0.2, -0.15) is 0 Å². The third kappa shape index (κ3) is 3.88. The quantitative estimate of drug-likeness (QED) is 0.722. The Balaban J connectivity index is 1.46. The second-order valence-corrected chi connectivity index (χ2v) is 6.79. The van der Waals surface area contributed by atoms with E-state index < -0.39 is 5.82 Å². The van der Waals surface area contributed by atoms with E-state index in [4.69, 9.17) is 4.74 Å². The van der Waals surface area contributed by atoms with Gasteiger partial charge in [-0.05, 0) is 37.1 Å². The lowest BCUT2D eigenvalue weighted by Crippen LogP contribution is -2.39. The summed E-state index contributed by atoms with van der Waals surface area (Å²) in [5.41, 5.74) is 0.917. The molecule has 0 saturated carbocycles. The molecule has 1 aliphatic rings. The molecule has 1 aromatic heterocycles. The minimum Gasteiger partial charge on any atom is -0.437 e. The highest BCUT2D eigenvalue weighted by Crippen LogP contribution is 2.30. The van der Waals surface area contributed by atoms with E-state index in [-0.39, 0.29) is 23.2 Å². The number of piperidine rings is 1. The third-order valence-corrected chi connectivity index (χ3v) is 4.85. The van der Waals surface area contributed by atoms with Gasteiger partial charge in [-0.15, -0.1) is 5.10 Å². The number of rotatable bonds is 4. The van der Waals surface area contributed by atoms with E-state index in [9.17, 15) is 13.6 Å². The summed E-state index contributed by atoms with van der Waals surface area (Å²) in [4.78, 5) is 14.3. The molecule has 1 aliphatic heterocycles. The maximum Gasteiger partial charge on any atom is 0.256 e. The molecule has 28 heavy (non-hydrogen) atoms. The molecule has 1 saturated heterocycles. The summed E-state index contributed by atoms with van der Waals surface area (Å²) in [5.74, 6) is -0.471. The van der Waals surface area contributed by atoms with Crippen LogP contribution < -0.4 is 4.74 Å². The molecule has 1 fully saturated rings. The number of nitrogens with zero attached hydrogens (tertiary/aromatic N) is 2. The van der Waals surface area contributed by atoms with E-state index >= 15 is 0 Å². The van der Waals surface area contributed by atoms with Gasteiger partial charge in [0.15, 0.2) is 0 Å². The summed E-state index contributed by atoms with van der Waals surface area (Å²) in [7, 11) is 0. The first kappa shape index (κ1) is 18.2. The van der Waals surface area contributed by atoms with Gasteiger partial charge in [0.25, 0.3) is 5.91 Å². The van der Waals surface area contributed by atoms with E-state index in [0.29, 0.717) is 24.7 Å². The largest absolute Gasteiger partial charge is 0.437 e. The van der Waals surface area contributed by atoms with Crippen LogP contribution >= 0.6 is 0 Å². The van der Waals surface area contributed by atoms with Crippen LogP contribution in [-0.2, 0) is 0 Å². The van der Waals surface area contributed by atoms with Crippen molar-refractivity contribution in [1.29, 1.82) is 0 Å². The molecule has 7 heteroatoms. The fraction of sp³-hybridized carbons (Fsp3) is 0.238. The zero-order valence-electron chi connectivity index (χ0n) is 15.1. The Morgan fingerprint density at radius 1 is 1.14 bits per heavy atom. The van der Waals surface area contributed by atoms with Crippen molar-refractivity contribution in [1.82, 2.24) is 15.1 Å². The molecule has 1 amide bonds. The number of amides is 1. The molecule has 0 unspecified atom stereocenters. The molecule has 2 heterocycles. The number of aromatic amines is 1. The summed E-state index contributed by atoms with van der Waals surface area (Å²) in [6, 6.07) is 13.6. The van der Waals surface area contributed by atoms with Gasteiger partial charge < -0.3 is 9.64 Å². The molecule has 1 N–H and O–H groups in total. The van der Waals surface area contributed by atoms with Gasteiger partial charge in [-0.25, -0.2) is 8.78 Å². The van der Waals surface area contributed by atoms with Gasteiger partial charge in [-0.1, -0.05) is 18.2 Å². The molecular formula is C21H19F2N3O2. The van der Waals surface area contributed by atoms with Gasteiger partial charge in [0.1, 0.15) is 17.4 Å². The molecule has 2 aromatic carbocycles. The molecular weight excluding hydrogens is 364 g/mol. The maximum absolute atomic E-state index is 13.9. The molecule has 0 aliphatic carbocycles. The average molecular weight is 383 g/mol. The number of benzene rings is 2. The van der Waals surface area contributed by atoms with E-state index in [2.05, 4.69) is 10.2 Å². The second-order valence-electron chi connectivity index (χ2n) is 6.79. The molecule has 3 aromatic rings. The molecule has 0 radical (unpaired) electrons. The van der Waals surface area contributed by atoms with Crippen molar-refractivity contribution in [3.05, 3.63) is 77.5 Å². The van der Waals surface area contributed by atoms with Crippen LogP contribution in [0.5, 0.6) is 11.6 Å². The monoisotopic (exact) mass is 383 g/mol. The number of likely N-dealkylation sites (tertiary alicyclic amines) is 1. The zero-order valence-corrected chi connectivity index (χ0v) is 15.1. The first-order chi connectivity index (χ1) is 13.6. The first-order valence-corrected chi connectivity index (χ1v) is 9.12. The average Bonchev–Trinajstić information content (AvgIpc) is 3.16. The third-order valence-electron chi connectivity index (χ3n) is 4.85. The van der Waals surface area contributed by atoms with Crippen LogP contribution in [0.25, 0.3) is 0 Å². The SMILES string of the molecule is O=C(c1ccccc1F)N1CCC[C@H](c2cc(Oc3cccc(F)c3)n[nH]2)C1. The lowest BCUT2D eigenvalue weighted by Gasteiger charge is -2.32. The highest BCUT2D eigenvalue weighted by Gasteiger charge is 2.28. The van der Waals surface area contributed by atoms with Crippen molar-refractivity contribution in [3.63, 3.8) is 0 Å². The van der Waals surface area contributed by atoms with Crippen LogP contribution in [-0.4, -0.2) is 34.1 Å². The van der Waals surface area contributed by atoms with Crippen LogP contribution in [0.4, 0.5) is 8.78 Å². The number of carbonyl (C=O) groups excluding carboxylic acids is 1. The van der Waals surface area contributed by atoms with Crippen LogP contribution in [0.15, 0.2) is 54.6 Å². The Morgan fingerprint density at radius 2 is 2.00 bits per heavy atom. The van der Waals surface area contributed by atoms with Gasteiger partial charge in [0.05, 0.1) is 5.56 Å². The van der Waals surface area contributed by atoms with Crippen molar-refractivity contribution in [2.45, 2.75) is 18.8 Å². The molecule has 1 atom stereocenters. The van der Waals surface area contributed by atoms with Crippen molar-refractivity contribution < 1.29 is 18.3 Å². The van der Waals surface area contributed by atoms with Gasteiger partial charge in [0, 0.05) is 36.8 Å². The smallest absolute Gasteiger partial charge is 0.256 e. The number of H-pyrrole nitrogens is 1. The Kier molecular flexibility index (Phi) is 5.06. The summed E-state index contributed by atoms with van der Waals surface area (Å²) >= 11 is 0. The Bertz CT molecular complexity index is 989. The lowest BCUT2D eigenvalue weighted by molar-refractivity contribution is 0.0701. The molecule has 0 spiro atoms. The van der Waals surface area contributed by atoms with E-state index in [1.54, 1.807) is 35.2 Å². The predicted molar refractivity (Wildman–Crippen MR) is 99.3 cm³/mol. The summed E-state index contributed by atoms with van der Waals surface area (Å²) < 4.78 is 32.8. The van der Waals surface area contributed by atoms with Crippen LogP contribution in [0, 0.1) is 11.6 Å². The van der Waals surface area contributed by atoms with E-state index in [1.165, 1.54) is 24.3 Å². The van der Waals surface area contributed by atoms with Crippen molar-refractivity contribution in [3.8, 4) is 11.6 Å². The summed E-state index contributed by atoms with van der Waals surface area (Å²) in [6.45, 7) is 1.05. The number of halogens is 2. The number of hydrogen-bond donors (Lipinski definition) is 1. The van der Waals surface area contributed by atoms with Gasteiger partial charge in [-0.3, -0.25) is 9.89 Å². The van der Waals surface area contributed by atoms with Gasteiger partial charge in [0.2, 0.25) is 5.88 Å². The normalized spacial score (nSPS) is 16.8. The standard InChI is InChI=1S/C21H19F2N3O2/c22-15-6-3-7-16(11-15)28-20-12-19(24-25-20)14-5-4-10-26(13-14)21(27)17-8-1-2-9-18(17)23/h1-3,6-9,11-12,14H,4-5,10,13H2,(H,24,25)/t14-/m0/s1. The number of aromatic nitrogens is 2. The number of nitrogens with one attached hydrogen (secondary N) is 1. The van der Waals surface area contributed by atoms with Crippen molar-refractivity contribution in [2.24, 2.45) is 0 Å². The summed E-state index contributed by atoms with van der Waals surface area (Å²) in [6.07, 6.45) is 1.69. The Labute approximate surface area is 160 Å². The maximum atomic E-state index is 13.9. The number of hydrogen-bond acceptors (Lipinski definition) is 3. The topological polar surface area (TPSA) is 58.2 Å². The van der Waals surface area contributed by atoms with E-state index in [0.717, 1.165) is 18.5 Å². The Hall–Kier alpha value is -3.22. The fourth-order valence-corrected chi connectivity index (χ4v) is 3.45. The highest BCUT2D eigenvalue weighted by atomic mass is 19.1. The van der Waals surface area contributed by atoms with Crippen LogP contribution in [0.1, 0.15) is 34.8 Å². The van der Waals surface area contributed by atoms with E-state index in [1.807, 2.05) is 0 Å². The Morgan fingerprint density at radius 3 is 2.82 bits per heavy atom. The van der Waals surface area contributed by atoms with Crippen LogP contribution in [0.3, 0.4) is 0 Å². The summed E-state index contributed by atoms with van der Waals surface area (Å²) in [5, 5.41) is 7.07. The minimum atomic E-state index is -0.512. The van der Waals surface area contributed by atoms with Crippen LogP contribution in [0.2, 0.25) is 0 Å². The van der Waals surface area contributed by atoms with Gasteiger partial charge >= 0.3 is 0 Å². The number of carbonyl (C=O) groups is 1. The van der Waals surface area contributed by atoms with Crippen molar-refractivity contribution >= 4 is 5.91 Å². The van der Waals surface area contributed by atoms with Crippen molar-refractivity contribution in [2.75, 3.05) is 13.1 Å².